The van der Waals surface area contributed by atoms with Crippen LogP contribution >= 0.6 is 0 Å². The zero-order chi connectivity index (χ0) is 13.7. The van der Waals surface area contributed by atoms with Crippen molar-refractivity contribution in [1.29, 1.82) is 0 Å². The number of pyridine rings is 1. The smallest absolute Gasteiger partial charge is 0.307 e. The summed E-state index contributed by atoms with van der Waals surface area (Å²) in [7, 11) is 0. The highest BCUT2D eigenvalue weighted by Crippen LogP contribution is 2.15. The van der Waals surface area contributed by atoms with Gasteiger partial charge in [-0.25, -0.2) is 4.98 Å². The number of hydrazine groups is 1. The predicted molar refractivity (Wildman–Crippen MR) is 68.2 cm³/mol. The number of carbonyl (C=O) groups excluding carboxylic acids is 1. The van der Waals surface area contributed by atoms with Gasteiger partial charge >= 0.3 is 5.97 Å². The molecular formula is C12H16N4O3. The average molecular weight is 264 g/mol. The normalized spacial score (nSPS) is 19.1. The lowest BCUT2D eigenvalue weighted by Crippen LogP contribution is -2.39. The van der Waals surface area contributed by atoms with E-state index in [-0.39, 0.29) is 18.4 Å². The first-order valence-electron chi connectivity index (χ1n) is 6.06. The minimum atomic E-state index is -0.797. The monoisotopic (exact) mass is 264 g/mol. The molecular weight excluding hydrogens is 248 g/mol. The number of aliphatic carboxylic acids is 1. The van der Waals surface area contributed by atoms with E-state index >= 15 is 0 Å². The van der Waals surface area contributed by atoms with Gasteiger partial charge in [-0.05, 0) is 25.1 Å². The fourth-order valence-corrected chi connectivity index (χ4v) is 1.99. The summed E-state index contributed by atoms with van der Waals surface area (Å²) in [5, 5.41) is 8.87. The van der Waals surface area contributed by atoms with Crippen molar-refractivity contribution in [3.8, 4) is 0 Å². The third-order valence-corrected chi connectivity index (χ3v) is 2.98. The molecule has 1 aromatic rings. The molecule has 1 atom stereocenters. The van der Waals surface area contributed by atoms with Gasteiger partial charge in [0.25, 0.3) is 5.91 Å². The van der Waals surface area contributed by atoms with Crippen LogP contribution in [-0.4, -0.2) is 46.5 Å². The molecule has 0 saturated carbocycles. The molecule has 0 spiro atoms. The Labute approximate surface area is 110 Å². The van der Waals surface area contributed by atoms with E-state index in [9.17, 15) is 9.59 Å². The fraction of sp³-hybridized carbons (Fsp3) is 0.417. The van der Waals surface area contributed by atoms with Crippen LogP contribution in [0.3, 0.4) is 0 Å². The lowest BCUT2D eigenvalue weighted by atomic mass is 10.1. The Balaban J connectivity index is 1.72. The topological polar surface area (TPSA) is 94.6 Å². The minimum absolute atomic E-state index is 0.184. The molecule has 102 valence electrons. The highest BCUT2D eigenvalue weighted by Gasteiger charge is 2.28. The number of likely N-dealkylation sites (tertiary alicyclic amines) is 1. The van der Waals surface area contributed by atoms with Gasteiger partial charge in [0.1, 0.15) is 5.82 Å². The van der Waals surface area contributed by atoms with E-state index in [1.54, 1.807) is 24.4 Å². The highest BCUT2D eigenvalue weighted by atomic mass is 16.4. The number of nitrogens with one attached hydrogen (secondary N) is 2. The SMILES string of the molecule is O=C(CN1CCC(C(=O)O)C1)NNc1ccccn1. The molecule has 7 heteroatoms. The second-order valence-corrected chi connectivity index (χ2v) is 4.45. The van der Waals surface area contributed by atoms with Crippen LogP contribution in [0.15, 0.2) is 24.4 Å². The van der Waals surface area contributed by atoms with Gasteiger partial charge in [-0.3, -0.25) is 25.3 Å². The molecule has 1 saturated heterocycles. The van der Waals surface area contributed by atoms with Crippen molar-refractivity contribution in [3.05, 3.63) is 24.4 Å². The summed E-state index contributed by atoms with van der Waals surface area (Å²) in [4.78, 5) is 28.3. The number of anilines is 1. The van der Waals surface area contributed by atoms with E-state index in [1.165, 1.54) is 0 Å². The Morgan fingerprint density at radius 2 is 2.32 bits per heavy atom. The van der Waals surface area contributed by atoms with E-state index in [2.05, 4.69) is 15.8 Å². The van der Waals surface area contributed by atoms with Gasteiger partial charge in [0.2, 0.25) is 0 Å². The molecule has 1 aliphatic heterocycles. The summed E-state index contributed by atoms with van der Waals surface area (Å²) in [5.74, 6) is -0.816. The molecule has 0 aliphatic carbocycles. The average Bonchev–Trinajstić information content (AvgIpc) is 2.86. The van der Waals surface area contributed by atoms with Crippen LogP contribution in [0.1, 0.15) is 6.42 Å². The summed E-state index contributed by atoms with van der Waals surface area (Å²) in [6.07, 6.45) is 2.21. The number of rotatable bonds is 5. The molecule has 19 heavy (non-hydrogen) atoms. The van der Waals surface area contributed by atoms with Crippen LogP contribution in [0.5, 0.6) is 0 Å². The standard InChI is InChI=1S/C12H16N4O3/c17-11(15-14-10-3-1-2-5-13-10)8-16-6-4-9(7-16)12(18)19/h1-3,5,9H,4,6-8H2,(H,13,14)(H,15,17)(H,18,19). The maximum Gasteiger partial charge on any atom is 0.307 e. The van der Waals surface area contributed by atoms with Crippen LogP contribution in [0, 0.1) is 5.92 Å². The maximum absolute atomic E-state index is 11.7. The molecule has 1 unspecified atom stereocenters. The second kappa shape index (κ2) is 6.14. The Bertz CT molecular complexity index is 452. The predicted octanol–water partition coefficient (Wildman–Crippen LogP) is -0.0688. The van der Waals surface area contributed by atoms with E-state index in [1.807, 2.05) is 4.90 Å². The van der Waals surface area contributed by atoms with Crippen molar-refractivity contribution in [2.75, 3.05) is 25.1 Å². The van der Waals surface area contributed by atoms with Gasteiger partial charge in [0.05, 0.1) is 12.5 Å². The number of carboxylic acid groups (broad SMARTS) is 1. The summed E-state index contributed by atoms with van der Waals surface area (Å²) >= 11 is 0. The van der Waals surface area contributed by atoms with E-state index in [0.29, 0.717) is 25.3 Å². The highest BCUT2D eigenvalue weighted by molar-refractivity contribution is 5.79. The van der Waals surface area contributed by atoms with Gasteiger partial charge in [-0.1, -0.05) is 6.07 Å². The number of hydrogen-bond acceptors (Lipinski definition) is 5. The minimum Gasteiger partial charge on any atom is -0.481 e. The fourth-order valence-electron chi connectivity index (χ4n) is 1.99. The largest absolute Gasteiger partial charge is 0.481 e. The Morgan fingerprint density at radius 3 is 2.95 bits per heavy atom. The molecule has 0 aromatic carbocycles. The molecule has 0 bridgehead atoms. The Kier molecular flexibility index (Phi) is 4.30. The summed E-state index contributed by atoms with van der Waals surface area (Å²) in [6, 6.07) is 5.32. The molecule has 2 rings (SSSR count). The quantitative estimate of drug-likeness (QED) is 0.645. The van der Waals surface area contributed by atoms with E-state index in [0.717, 1.165) is 0 Å². The molecule has 1 aromatic heterocycles. The third-order valence-electron chi connectivity index (χ3n) is 2.98. The van der Waals surface area contributed by atoms with Crippen LogP contribution in [-0.2, 0) is 9.59 Å². The van der Waals surface area contributed by atoms with Crippen molar-refractivity contribution < 1.29 is 14.7 Å². The van der Waals surface area contributed by atoms with E-state index < -0.39 is 5.97 Å². The second-order valence-electron chi connectivity index (χ2n) is 4.45. The van der Waals surface area contributed by atoms with Crippen LogP contribution < -0.4 is 10.9 Å². The van der Waals surface area contributed by atoms with Crippen molar-refractivity contribution in [2.45, 2.75) is 6.42 Å². The summed E-state index contributed by atoms with van der Waals surface area (Å²) < 4.78 is 0. The Morgan fingerprint density at radius 1 is 1.47 bits per heavy atom. The third kappa shape index (κ3) is 3.92. The lowest BCUT2D eigenvalue weighted by molar-refractivity contribution is -0.141. The summed E-state index contributed by atoms with van der Waals surface area (Å²) in [6.45, 7) is 1.24. The van der Waals surface area contributed by atoms with Crippen LogP contribution in [0.2, 0.25) is 0 Å². The molecule has 0 radical (unpaired) electrons. The van der Waals surface area contributed by atoms with Gasteiger partial charge in [0.15, 0.2) is 0 Å². The van der Waals surface area contributed by atoms with Crippen LogP contribution in [0.25, 0.3) is 0 Å². The maximum atomic E-state index is 11.7. The van der Waals surface area contributed by atoms with Crippen molar-refractivity contribution in [2.24, 2.45) is 5.92 Å². The number of hydrogen-bond donors (Lipinski definition) is 3. The van der Waals surface area contributed by atoms with Crippen LogP contribution in [0.4, 0.5) is 5.82 Å². The molecule has 1 aliphatic rings. The van der Waals surface area contributed by atoms with Crippen molar-refractivity contribution >= 4 is 17.7 Å². The zero-order valence-corrected chi connectivity index (χ0v) is 10.4. The molecule has 1 amide bonds. The number of carbonyl (C=O) groups is 2. The molecule has 3 N–H and O–H groups in total. The van der Waals surface area contributed by atoms with Crippen molar-refractivity contribution in [3.63, 3.8) is 0 Å². The van der Waals surface area contributed by atoms with Gasteiger partial charge in [0, 0.05) is 12.7 Å². The molecule has 1 fully saturated rings. The number of amides is 1. The first kappa shape index (κ1) is 13.3. The van der Waals surface area contributed by atoms with Gasteiger partial charge < -0.3 is 5.11 Å². The first-order valence-corrected chi connectivity index (χ1v) is 6.06. The van der Waals surface area contributed by atoms with Gasteiger partial charge in [-0.2, -0.15) is 0 Å². The lowest BCUT2D eigenvalue weighted by Gasteiger charge is -2.15. The first-order chi connectivity index (χ1) is 9.15. The number of carboxylic acids is 1. The number of nitrogens with zero attached hydrogens (tertiary/aromatic N) is 2. The summed E-state index contributed by atoms with van der Waals surface area (Å²) in [5.41, 5.74) is 5.23. The molecule has 7 nitrogen and oxygen atoms in total. The van der Waals surface area contributed by atoms with Gasteiger partial charge in [-0.15, -0.1) is 0 Å². The van der Waals surface area contributed by atoms with Crippen molar-refractivity contribution in [1.82, 2.24) is 15.3 Å². The molecule has 2 heterocycles. The zero-order valence-electron chi connectivity index (χ0n) is 10.4. The Hall–Kier alpha value is -2.15. The van der Waals surface area contributed by atoms with E-state index in [4.69, 9.17) is 5.11 Å². The number of aromatic nitrogens is 1.